The zero-order valence-corrected chi connectivity index (χ0v) is 26.2. The summed E-state index contributed by atoms with van der Waals surface area (Å²) in [5.74, 6) is -0.854. The molecule has 0 spiro atoms. The zero-order chi connectivity index (χ0) is 31.8. The Bertz CT molecular complexity index is 1640. The third-order valence-electron chi connectivity index (χ3n) is 8.53. The van der Waals surface area contributed by atoms with Crippen molar-refractivity contribution in [2.75, 3.05) is 13.2 Å². The molecular formula is C39H40N2O4. The third kappa shape index (κ3) is 7.40. The van der Waals surface area contributed by atoms with E-state index < -0.39 is 5.97 Å². The van der Waals surface area contributed by atoms with Crippen molar-refractivity contribution in [3.63, 3.8) is 0 Å². The van der Waals surface area contributed by atoms with Gasteiger partial charge in [-0.25, -0.2) is 4.79 Å². The van der Waals surface area contributed by atoms with Crippen LogP contribution in [-0.4, -0.2) is 35.8 Å². The van der Waals surface area contributed by atoms with Gasteiger partial charge in [0.05, 0.1) is 18.7 Å². The maximum Gasteiger partial charge on any atom is 0.336 e. The molecule has 2 amide bonds. The lowest BCUT2D eigenvalue weighted by atomic mass is 9.81. The first kappa shape index (κ1) is 31.5. The highest BCUT2D eigenvalue weighted by Gasteiger charge is 2.37. The summed E-state index contributed by atoms with van der Waals surface area (Å²) in [5, 5.41) is 3.09. The van der Waals surface area contributed by atoms with Crippen LogP contribution in [0.3, 0.4) is 0 Å². The first-order valence-electron chi connectivity index (χ1n) is 15.6. The van der Waals surface area contributed by atoms with Crippen molar-refractivity contribution in [1.29, 1.82) is 0 Å². The summed E-state index contributed by atoms with van der Waals surface area (Å²) in [5.41, 5.74) is 6.82. The highest BCUT2D eigenvalue weighted by Crippen LogP contribution is 2.39. The quantitative estimate of drug-likeness (QED) is 0.183. The molecule has 6 heteroatoms. The van der Waals surface area contributed by atoms with Gasteiger partial charge >= 0.3 is 5.97 Å². The van der Waals surface area contributed by atoms with Crippen molar-refractivity contribution in [1.82, 2.24) is 10.2 Å². The van der Waals surface area contributed by atoms with E-state index >= 15 is 0 Å². The lowest BCUT2D eigenvalue weighted by Crippen LogP contribution is -2.38. The topological polar surface area (TPSA) is 75.7 Å². The van der Waals surface area contributed by atoms with Crippen molar-refractivity contribution >= 4 is 17.8 Å². The van der Waals surface area contributed by atoms with E-state index in [2.05, 4.69) is 29.6 Å². The summed E-state index contributed by atoms with van der Waals surface area (Å²) in [6, 6.07) is 35.8. The fourth-order valence-electron chi connectivity index (χ4n) is 6.24. The SMILES string of the molecule is CCOC(=O)C1=C(C)N(Cc2cccc(C(=O)NCCC(c3ccccc3)c3ccccc3)c2)C(=O)C[C@@H]1c1ccccc1C. The van der Waals surface area contributed by atoms with Gasteiger partial charge in [-0.05, 0) is 67.1 Å². The van der Waals surface area contributed by atoms with Gasteiger partial charge in [0.1, 0.15) is 0 Å². The summed E-state index contributed by atoms with van der Waals surface area (Å²) < 4.78 is 5.45. The van der Waals surface area contributed by atoms with Crippen LogP contribution in [0.15, 0.2) is 120 Å². The lowest BCUT2D eigenvalue weighted by molar-refractivity contribution is -0.140. The van der Waals surface area contributed by atoms with Crippen molar-refractivity contribution in [2.24, 2.45) is 0 Å². The molecule has 6 nitrogen and oxygen atoms in total. The largest absolute Gasteiger partial charge is 0.463 e. The molecule has 0 radical (unpaired) electrons. The van der Waals surface area contributed by atoms with Gasteiger partial charge in [0.2, 0.25) is 5.91 Å². The Kier molecular flexibility index (Phi) is 10.3. The van der Waals surface area contributed by atoms with E-state index in [-0.39, 0.29) is 43.2 Å². The van der Waals surface area contributed by atoms with Gasteiger partial charge < -0.3 is 15.0 Å². The van der Waals surface area contributed by atoms with E-state index in [0.717, 1.165) is 23.1 Å². The molecule has 0 unspecified atom stereocenters. The third-order valence-corrected chi connectivity index (χ3v) is 8.53. The fourth-order valence-corrected chi connectivity index (χ4v) is 6.24. The van der Waals surface area contributed by atoms with E-state index in [4.69, 9.17) is 4.74 Å². The van der Waals surface area contributed by atoms with Crippen molar-refractivity contribution < 1.29 is 19.1 Å². The molecule has 0 bridgehead atoms. The van der Waals surface area contributed by atoms with Gasteiger partial charge in [-0.15, -0.1) is 0 Å². The molecule has 4 aromatic carbocycles. The number of allylic oxidation sites excluding steroid dienone is 1. The second-order valence-corrected chi connectivity index (χ2v) is 11.4. The number of nitrogens with zero attached hydrogens (tertiary/aromatic N) is 1. The van der Waals surface area contributed by atoms with Gasteiger partial charge in [-0.3, -0.25) is 9.59 Å². The van der Waals surface area contributed by atoms with Gasteiger partial charge in [0, 0.05) is 36.1 Å². The van der Waals surface area contributed by atoms with E-state index in [9.17, 15) is 14.4 Å². The number of benzene rings is 4. The van der Waals surface area contributed by atoms with Crippen LogP contribution in [0.25, 0.3) is 0 Å². The van der Waals surface area contributed by atoms with Crippen LogP contribution in [-0.2, 0) is 20.9 Å². The molecule has 1 N–H and O–H groups in total. The summed E-state index contributed by atoms with van der Waals surface area (Å²) >= 11 is 0. The molecule has 45 heavy (non-hydrogen) atoms. The van der Waals surface area contributed by atoms with E-state index in [1.165, 1.54) is 11.1 Å². The molecule has 0 aromatic heterocycles. The predicted molar refractivity (Wildman–Crippen MR) is 177 cm³/mol. The minimum absolute atomic E-state index is 0.0727. The summed E-state index contributed by atoms with van der Waals surface area (Å²) in [6.07, 6.45) is 0.922. The van der Waals surface area contributed by atoms with Crippen LogP contribution in [0.5, 0.6) is 0 Å². The van der Waals surface area contributed by atoms with Crippen molar-refractivity contribution in [2.45, 2.75) is 52.0 Å². The molecule has 1 heterocycles. The highest BCUT2D eigenvalue weighted by atomic mass is 16.5. The van der Waals surface area contributed by atoms with Gasteiger partial charge in [0.15, 0.2) is 0 Å². The van der Waals surface area contributed by atoms with E-state index in [1.54, 1.807) is 24.8 Å². The number of hydrogen-bond donors (Lipinski definition) is 1. The van der Waals surface area contributed by atoms with Gasteiger partial charge in [-0.2, -0.15) is 0 Å². The second kappa shape index (κ2) is 14.7. The predicted octanol–water partition coefficient (Wildman–Crippen LogP) is 7.30. The molecule has 1 aliphatic rings. The second-order valence-electron chi connectivity index (χ2n) is 11.4. The Morgan fingerprint density at radius 1 is 0.867 bits per heavy atom. The average molecular weight is 601 g/mol. The van der Waals surface area contributed by atoms with Gasteiger partial charge in [0.25, 0.3) is 5.91 Å². The summed E-state index contributed by atoms with van der Waals surface area (Å²) in [6.45, 7) is 6.58. The normalized spacial score (nSPS) is 14.9. The first-order chi connectivity index (χ1) is 21.9. The summed E-state index contributed by atoms with van der Waals surface area (Å²) in [7, 11) is 0. The standard InChI is InChI=1S/C39H40N2O4/c1-4-45-39(44)37-28(3)41(36(42)25-35(37)33-21-12-11-14-27(33)2)26-29-15-13-20-32(24-29)38(43)40-23-22-34(30-16-7-5-8-17-30)31-18-9-6-10-19-31/h5-21,24,34-35H,4,22-23,25-26H2,1-3H3,(H,40,43)/t35-/m1/s1. The van der Waals surface area contributed by atoms with Crippen LogP contribution in [0, 0.1) is 6.92 Å². The van der Waals surface area contributed by atoms with Crippen LogP contribution in [0.2, 0.25) is 0 Å². The van der Waals surface area contributed by atoms with Gasteiger partial charge in [-0.1, -0.05) is 97.1 Å². The average Bonchev–Trinajstić information content (AvgIpc) is 3.06. The monoisotopic (exact) mass is 600 g/mol. The molecular weight excluding hydrogens is 560 g/mol. The number of rotatable bonds is 11. The Hall–Kier alpha value is -4.97. The minimum Gasteiger partial charge on any atom is -0.463 e. The molecule has 4 aromatic rings. The molecule has 0 saturated heterocycles. The molecule has 1 atom stereocenters. The maximum atomic E-state index is 13.5. The minimum atomic E-state index is -0.404. The van der Waals surface area contributed by atoms with Crippen LogP contribution in [0.1, 0.15) is 76.7 Å². The first-order valence-corrected chi connectivity index (χ1v) is 15.6. The molecule has 230 valence electrons. The smallest absolute Gasteiger partial charge is 0.336 e. The Balaban J connectivity index is 1.31. The number of esters is 1. The Morgan fingerprint density at radius 3 is 2.16 bits per heavy atom. The zero-order valence-electron chi connectivity index (χ0n) is 26.2. The summed E-state index contributed by atoms with van der Waals surface area (Å²) in [4.78, 5) is 41.7. The highest BCUT2D eigenvalue weighted by molar-refractivity contribution is 5.96. The van der Waals surface area contributed by atoms with E-state index in [0.29, 0.717) is 23.4 Å². The number of ether oxygens (including phenoxy) is 1. The van der Waals surface area contributed by atoms with Crippen molar-refractivity contribution in [3.8, 4) is 0 Å². The lowest BCUT2D eigenvalue weighted by Gasteiger charge is -2.35. The molecule has 0 saturated carbocycles. The van der Waals surface area contributed by atoms with Crippen molar-refractivity contribution in [3.05, 3.63) is 154 Å². The Labute approximate surface area is 265 Å². The number of nitrogens with one attached hydrogen (secondary N) is 1. The fraction of sp³-hybridized carbons (Fsp3) is 0.256. The number of carbonyl (C=O) groups excluding carboxylic acids is 3. The number of aryl methyl sites for hydroxylation is 1. The number of amides is 2. The van der Waals surface area contributed by atoms with Crippen LogP contribution >= 0.6 is 0 Å². The van der Waals surface area contributed by atoms with Crippen LogP contribution < -0.4 is 5.32 Å². The molecule has 0 aliphatic carbocycles. The molecule has 0 fully saturated rings. The molecule has 5 rings (SSSR count). The Morgan fingerprint density at radius 2 is 1.51 bits per heavy atom. The number of hydrogen-bond acceptors (Lipinski definition) is 4. The van der Waals surface area contributed by atoms with E-state index in [1.807, 2.05) is 85.8 Å². The van der Waals surface area contributed by atoms with Crippen LogP contribution in [0.4, 0.5) is 0 Å². The maximum absolute atomic E-state index is 13.5. The number of carbonyl (C=O) groups is 3. The molecule has 1 aliphatic heterocycles.